The largest absolute Gasteiger partial charge is 0.372 e. The molecule has 0 aliphatic carbocycles. The van der Waals surface area contributed by atoms with E-state index in [1.807, 2.05) is 53.8 Å². The zero-order chi connectivity index (χ0) is 17.4. The van der Waals surface area contributed by atoms with Crippen molar-refractivity contribution in [2.75, 3.05) is 13.1 Å². The van der Waals surface area contributed by atoms with Crippen molar-refractivity contribution in [2.45, 2.75) is 32.6 Å². The quantitative estimate of drug-likeness (QED) is 0.798. The Balaban J connectivity index is 1.56. The second-order valence-corrected chi connectivity index (χ2v) is 6.70. The van der Waals surface area contributed by atoms with E-state index in [1.165, 1.54) is 0 Å². The van der Waals surface area contributed by atoms with Gasteiger partial charge in [0, 0.05) is 30.9 Å². The molecule has 6 nitrogen and oxygen atoms in total. The van der Waals surface area contributed by atoms with Crippen LogP contribution in [-0.2, 0) is 16.1 Å². The lowest BCUT2D eigenvalue weighted by Gasteiger charge is -2.35. The molecular weight excluding hydrogens is 316 g/mol. The zero-order valence-electron chi connectivity index (χ0n) is 14.5. The van der Waals surface area contributed by atoms with Crippen LogP contribution in [-0.4, -0.2) is 50.6 Å². The molecule has 3 aromatic rings. The summed E-state index contributed by atoms with van der Waals surface area (Å²) in [5.74, 6) is 0.119. The Morgan fingerprint density at radius 1 is 1.28 bits per heavy atom. The molecule has 0 aromatic carbocycles. The van der Waals surface area contributed by atoms with E-state index in [1.54, 1.807) is 6.20 Å². The van der Waals surface area contributed by atoms with E-state index in [0.29, 0.717) is 19.6 Å². The lowest BCUT2D eigenvalue weighted by Crippen LogP contribution is -2.49. The van der Waals surface area contributed by atoms with E-state index in [4.69, 9.17) is 4.74 Å². The Labute approximate surface area is 146 Å². The van der Waals surface area contributed by atoms with E-state index in [-0.39, 0.29) is 18.1 Å². The molecule has 25 heavy (non-hydrogen) atoms. The number of nitrogens with zero attached hydrogens (tertiary/aromatic N) is 3. The summed E-state index contributed by atoms with van der Waals surface area (Å²) in [4.78, 5) is 22.3. The summed E-state index contributed by atoms with van der Waals surface area (Å²) in [5, 5.41) is 1.06. The molecule has 1 aliphatic heterocycles. The number of H-pyrrole nitrogens is 1. The van der Waals surface area contributed by atoms with Gasteiger partial charge in [-0.15, -0.1) is 0 Å². The van der Waals surface area contributed by atoms with Gasteiger partial charge in [-0.1, -0.05) is 0 Å². The normalized spacial score (nSPS) is 21.0. The molecule has 130 valence electrons. The smallest absolute Gasteiger partial charge is 0.242 e. The third-order valence-corrected chi connectivity index (χ3v) is 4.58. The predicted molar refractivity (Wildman–Crippen MR) is 96.1 cm³/mol. The number of fused-ring (bicyclic) bond motifs is 1. The van der Waals surface area contributed by atoms with Gasteiger partial charge in [0.25, 0.3) is 0 Å². The predicted octanol–water partition coefficient (Wildman–Crippen LogP) is 2.67. The molecule has 1 amide bonds. The highest BCUT2D eigenvalue weighted by molar-refractivity contribution is 5.83. The first-order valence-corrected chi connectivity index (χ1v) is 8.62. The molecule has 2 unspecified atom stereocenters. The molecule has 1 saturated heterocycles. The topological polar surface area (TPSA) is 63.2 Å². The molecule has 0 radical (unpaired) electrons. The summed E-state index contributed by atoms with van der Waals surface area (Å²) in [7, 11) is 0. The third kappa shape index (κ3) is 3.17. The molecule has 1 fully saturated rings. The van der Waals surface area contributed by atoms with Crippen molar-refractivity contribution in [3.8, 4) is 11.4 Å². The molecule has 6 heteroatoms. The summed E-state index contributed by atoms with van der Waals surface area (Å²) in [6.45, 7) is 5.64. The van der Waals surface area contributed by atoms with Crippen molar-refractivity contribution in [3.05, 3.63) is 42.7 Å². The van der Waals surface area contributed by atoms with Crippen LogP contribution in [0, 0.1) is 0 Å². The Hall–Kier alpha value is -2.60. The average Bonchev–Trinajstić information content (AvgIpc) is 3.19. The average molecular weight is 338 g/mol. The van der Waals surface area contributed by atoms with Crippen LogP contribution in [0.5, 0.6) is 0 Å². The maximum absolute atomic E-state index is 12.7. The molecule has 0 bridgehead atoms. The Kier molecular flexibility index (Phi) is 4.05. The number of pyridine rings is 1. The highest BCUT2D eigenvalue weighted by atomic mass is 16.5. The second-order valence-electron chi connectivity index (χ2n) is 6.70. The highest BCUT2D eigenvalue weighted by Gasteiger charge is 2.26. The van der Waals surface area contributed by atoms with Gasteiger partial charge >= 0.3 is 0 Å². The van der Waals surface area contributed by atoms with Crippen molar-refractivity contribution >= 4 is 16.9 Å². The number of aromatic amines is 1. The summed E-state index contributed by atoms with van der Waals surface area (Å²) in [6, 6.07) is 9.99. The summed E-state index contributed by atoms with van der Waals surface area (Å²) in [5.41, 5.74) is 2.81. The standard InChI is InChI=1S/C19H22N4O2/c1-13-10-23(11-14(2)25-13)18(24)12-22-8-4-6-17(22)16-9-15-5-3-7-20-19(15)21-16/h3-9,13-14H,10-12H2,1-2H3,(H,20,21). The fraction of sp³-hybridized carbons (Fsp3) is 0.368. The summed E-state index contributed by atoms with van der Waals surface area (Å²) in [6.07, 6.45) is 3.87. The van der Waals surface area contributed by atoms with Crippen molar-refractivity contribution < 1.29 is 9.53 Å². The highest BCUT2D eigenvalue weighted by Crippen LogP contribution is 2.24. The molecule has 1 aliphatic rings. The van der Waals surface area contributed by atoms with Crippen LogP contribution in [0.15, 0.2) is 42.7 Å². The number of hydrogen-bond donors (Lipinski definition) is 1. The van der Waals surface area contributed by atoms with Crippen LogP contribution in [0.4, 0.5) is 0 Å². The van der Waals surface area contributed by atoms with E-state index in [2.05, 4.69) is 16.0 Å². The van der Waals surface area contributed by atoms with Crippen LogP contribution in [0.3, 0.4) is 0 Å². The van der Waals surface area contributed by atoms with Gasteiger partial charge in [0.1, 0.15) is 12.2 Å². The Morgan fingerprint density at radius 3 is 2.84 bits per heavy atom. The van der Waals surface area contributed by atoms with Crippen LogP contribution in [0.1, 0.15) is 13.8 Å². The molecule has 3 aromatic heterocycles. The van der Waals surface area contributed by atoms with Crippen molar-refractivity contribution in [1.29, 1.82) is 0 Å². The van der Waals surface area contributed by atoms with Crippen LogP contribution >= 0.6 is 0 Å². The number of hydrogen-bond acceptors (Lipinski definition) is 3. The fourth-order valence-corrected chi connectivity index (χ4v) is 3.52. The Morgan fingerprint density at radius 2 is 2.08 bits per heavy atom. The number of nitrogens with one attached hydrogen (secondary N) is 1. The van der Waals surface area contributed by atoms with Gasteiger partial charge in [-0.2, -0.15) is 0 Å². The minimum Gasteiger partial charge on any atom is -0.372 e. The lowest BCUT2D eigenvalue weighted by atomic mass is 10.2. The van der Waals surface area contributed by atoms with E-state index in [0.717, 1.165) is 22.4 Å². The number of carbonyl (C=O) groups is 1. The van der Waals surface area contributed by atoms with Crippen molar-refractivity contribution in [2.24, 2.45) is 0 Å². The van der Waals surface area contributed by atoms with Crippen molar-refractivity contribution in [1.82, 2.24) is 19.4 Å². The SMILES string of the molecule is CC1CN(C(=O)Cn2cccc2-c2cc3cccnc3[nH]2)CC(C)O1. The number of aromatic nitrogens is 3. The van der Waals surface area contributed by atoms with E-state index in [9.17, 15) is 4.79 Å². The maximum Gasteiger partial charge on any atom is 0.242 e. The van der Waals surface area contributed by atoms with Gasteiger partial charge in [0.15, 0.2) is 0 Å². The first-order chi connectivity index (χ1) is 12.1. The summed E-state index contributed by atoms with van der Waals surface area (Å²) >= 11 is 0. The second kappa shape index (κ2) is 6.37. The number of amides is 1. The molecule has 4 rings (SSSR count). The van der Waals surface area contributed by atoms with Gasteiger partial charge in [-0.3, -0.25) is 4.79 Å². The molecule has 0 saturated carbocycles. The van der Waals surface area contributed by atoms with Crippen LogP contribution < -0.4 is 0 Å². The van der Waals surface area contributed by atoms with E-state index < -0.39 is 0 Å². The monoisotopic (exact) mass is 338 g/mol. The van der Waals surface area contributed by atoms with Gasteiger partial charge < -0.3 is 19.2 Å². The van der Waals surface area contributed by atoms with Gasteiger partial charge in [-0.25, -0.2) is 4.98 Å². The first kappa shape index (κ1) is 15.9. The van der Waals surface area contributed by atoms with Crippen LogP contribution in [0.25, 0.3) is 22.4 Å². The minimum atomic E-state index is 0.0802. The summed E-state index contributed by atoms with van der Waals surface area (Å²) < 4.78 is 7.70. The molecule has 1 N–H and O–H groups in total. The maximum atomic E-state index is 12.7. The number of rotatable bonds is 3. The third-order valence-electron chi connectivity index (χ3n) is 4.58. The van der Waals surface area contributed by atoms with Crippen LogP contribution in [0.2, 0.25) is 0 Å². The zero-order valence-corrected chi connectivity index (χ0v) is 14.5. The molecule has 0 spiro atoms. The number of carbonyl (C=O) groups excluding carboxylic acids is 1. The van der Waals surface area contributed by atoms with E-state index >= 15 is 0 Å². The number of ether oxygens (including phenoxy) is 1. The van der Waals surface area contributed by atoms with Gasteiger partial charge in [-0.05, 0) is 44.2 Å². The van der Waals surface area contributed by atoms with Gasteiger partial charge in [0.05, 0.1) is 23.6 Å². The molecule has 4 heterocycles. The minimum absolute atomic E-state index is 0.0802. The van der Waals surface area contributed by atoms with Crippen molar-refractivity contribution in [3.63, 3.8) is 0 Å². The fourth-order valence-electron chi connectivity index (χ4n) is 3.52. The lowest BCUT2D eigenvalue weighted by molar-refractivity contribution is -0.143. The van der Waals surface area contributed by atoms with Gasteiger partial charge in [0.2, 0.25) is 5.91 Å². The molecule has 2 atom stereocenters. The number of morpholine rings is 1. The Bertz CT molecular complexity index is 855. The first-order valence-electron chi connectivity index (χ1n) is 8.62. The molecular formula is C19H22N4O2.